The molecule has 0 fully saturated rings. The standard InChI is InChI=1S/C15H15ClN2OS/c16-12-1-2-13-11(7-18-14(13)5-12)6-17-8-15(19)10-3-4-20-9-10/h1-5,7,9,15,17-19H,6,8H2. The Kier molecular flexibility index (Phi) is 4.08. The molecule has 0 aliphatic carbocycles. The lowest BCUT2D eigenvalue weighted by Crippen LogP contribution is -2.20. The van der Waals surface area contributed by atoms with Gasteiger partial charge in [-0.2, -0.15) is 11.3 Å². The van der Waals surface area contributed by atoms with E-state index in [0.29, 0.717) is 13.1 Å². The number of thiophene rings is 1. The van der Waals surface area contributed by atoms with Gasteiger partial charge in [0.15, 0.2) is 0 Å². The number of aliphatic hydroxyl groups is 1. The van der Waals surface area contributed by atoms with Gasteiger partial charge in [0.05, 0.1) is 6.10 Å². The first-order valence-corrected chi connectivity index (χ1v) is 7.72. The molecule has 2 heterocycles. The highest BCUT2D eigenvalue weighted by Crippen LogP contribution is 2.22. The molecule has 104 valence electrons. The SMILES string of the molecule is OC(CNCc1c[nH]c2cc(Cl)ccc12)c1ccsc1. The molecule has 0 amide bonds. The molecule has 0 aliphatic heterocycles. The largest absolute Gasteiger partial charge is 0.387 e. The van der Waals surface area contributed by atoms with Crippen molar-refractivity contribution in [3.05, 3.63) is 57.4 Å². The number of fused-ring (bicyclic) bond motifs is 1. The summed E-state index contributed by atoms with van der Waals surface area (Å²) in [5, 5.41) is 19.1. The van der Waals surface area contributed by atoms with Crippen molar-refractivity contribution in [1.82, 2.24) is 10.3 Å². The molecule has 0 saturated carbocycles. The van der Waals surface area contributed by atoms with Gasteiger partial charge in [-0.05, 0) is 40.1 Å². The number of nitrogens with one attached hydrogen (secondary N) is 2. The van der Waals surface area contributed by atoms with Crippen molar-refractivity contribution < 1.29 is 5.11 Å². The van der Waals surface area contributed by atoms with Crippen molar-refractivity contribution in [3.63, 3.8) is 0 Å². The van der Waals surface area contributed by atoms with E-state index in [0.717, 1.165) is 21.5 Å². The monoisotopic (exact) mass is 306 g/mol. The number of hydrogen-bond acceptors (Lipinski definition) is 3. The normalized spacial score (nSPS) is 12.9. The van der Waals surface area contributed by atoms with Crippen LogP contribution in [0.4, 0.5) is 0 Å². The van der Waals surface area contributed by atoms with Crippen molar-refractivity contribution in [1.29, 1.82) is 0 Å². The average molecular weight is 307 g/mol. The lowest BCUT2D eigenvalue weighted by atomic mass is 10.1. The second-order valence-electron chi connectivity index (χ2n) is 4.71. The summed E-state index contributed by atoms with van der Waals surface area (Å²) >= 11 is 7.56. The zero-order valence-corrected chi connectivity index (χ0v) is 12.3. The molecule has 3 rings (SSSR count). The first kappa shape index (κ1) is 13.6. The molecule has 20 heavy (non-hydrogen) atoms. The fraction of sp³-hybridized carbons (Fsp3) is 0.200. The van der Waals surface area contributed by atoms with Crippen LogP contribution in [-0.4, -0.2) is 16.6 Å². The summed E-state index contributed by atoms with van der Waals surface area (Å²) in [6.45, 7) is 1.25. The topological polar surface area (TPSA) is 48.0 Å². The first-order valence-electron chi connectivity index (χ1n) is 6.40. The Balaban J connectivity index is 1.63. The molecule has 3 N–H and O–H groups in total. The van der Waals surface area contributed by atoms with E-state index in [2.05, 4.69) is 10.3 Å². The third-order valence-electron chi connectivity index (χ3n) is 3.31. The highest BCUT2D eigenvalue weighted by molar-refractivity contribution is 7.07. The molecule has 0 spiro atoms. The number of halogens is 1. The Hall–Kier alpha value is -1.33. The van der Waals surface area contributed by atoms with Crippen LogP contribution >= 0.6 is 22.9 Å². The van der Waals surface area contributed by atoms with Gasteiger partial charge in [-0.1, -0.05) is 17.7 Å². The summed E-state index contributed by atoms with van der Waals surface area (Å²) in [5.74, 6) is 0. The zero-order chi connectivity index (χ0) is 13.9. The lowest BCUT2D eigenvalue weighted by molar-refractivity contribution is 0.175. The van der Waals surface area contributed by atoms with Crippen LogP contribution < -0.4 is 5.32 Å². The average Bonchev–Trinajstić information content (AvgIpc) is 3.08. The number of aliphatic hydroxyl groups excluding tert-OH is 1. The Morgan fingerprint density at radius 3 is 3.05 bits per heavy atom. The van der Waals surface area contributed by atoms with Crippen molar-refractivity contribution >= 4 is 33.8 Å². The molecule has 3 nitrogen and oxygen atoms in total. The molecule has 1 unspecified atom stereocenters. The number of H-pyrrole nitrogens is 1. The summed E-state index contributed by atoms with van der Waals surface area (Å²) in [4.78, 5) is 3.21. The highest BCUT2D eigenvalue weighted by Gasteiger charge is 2.08. The van der Waals surface area contributed by atoms with E-state index in [4.69, 9.17) is 11.6 Å². The molecule has 0 bridgehead atoms. The minimum Gasteiger partial charge on any atom is -0.387 e. The minimum absolute atomic E-state index is 0.457. The molecule has 0 saturated heterocycles. The lowest BCUT2D eigenvalue weighted by Gasteiger charge is -2.10. The minimum atomic E-state index is -0.457. The van der Waals surface area contributed by atoms with Gasteiger partial charge in [0.1, 0.15) is 0 Å². The summed E-state index contributed by atoms with van der Waals surface area (Å²) < 4.78 is 0. The van der Waals surface area contributed by atoms with Crippen molar-refractivity contribution in [2.24, 2.45) is 0 Å². The predicted octanol–water partition coefficient (Wildman–Crippen LogP) is 3.71. The van der Waals surface area contributed by atoms with Crippen LogP contribution in [0.25, 0.3) is 10.9 Å². The molecule has 5 heteroatoms. The maximum Gasteiger partial charge on any atom is 0.0922 e. The van der Waals surface area contributed by atoms with E-state index in [1.54, 1.807) is 11.3 Å². The number of rotatable bonds is 5. The maximum absolute atomic E-state index is 10.0. The van der Waals surface area contributed by atoms with Crippen LogP contribution in [0, 0.1) is 0 Å². The zero-order valence-electron chi connectivity index (χ0n) is 10.8. The van der Waals surface area contributed by atoms with Gasteiger partial charge in [0.25, 0.3) is 0 Å². The van der Waals surface area contributed by atoms with E-state index >= 15 is 0 Å². The summed E-state index contributed by atoms with van der Waals surface area (Å²) in [6, 6.07) is 7.77. The van der Waals surface area contributed by atoms with Gasteiger partial charge < -0.3 is 15.4 Å². The third-order valence-corrected chi connectivity index (χ3v) is 4.25. The Labute approximate surface area is 126 Å². The van der Waals surface area contributed by atoms with Crippen LogP contribution in [0.2, 0.25) is 5.02 Å². The van der Waals surface area contributed by atoms with Crippen LogP contribution in [0.3, 0.4) is 0 Å². The molecular weight excluding hydrogens is 292 g/mol. The Bertz CT molecular complexity index is 693. The smallest absolute Gasteiger partial charge is 0.0922 e. The van der Waals surface area contributed by atoms with Gasteiger partial charge in [0, 0.05) is 35.2 Å². The summed E-state index contributed by atoms with van der Waals surface area (Å²) in [6.07, 6.45) is 1.52. The second kappa shape index (κ2) is 5.97. The van der Waals surface area contributed by atoms with E-state index < -0.39 is 6.10 Å². The van der Waals surface area contributed by atoms with E-state index in [9.17, 15) is 5.11 Å². The van der Waals surface area contributed by atoms with E-state index in [1.807, 2.05) is 41.2 Å². The number of aromatic amines is 1. The maximum atomic E-state index is 10.0. The molecule has 1 atom stereocenters. The Morgan fingerprint density at radius 2 is 2.25 bits per heavy atom. The van der Waals surface area contributed by atoms with E-state index in [1.165, 1.54) is 5.56 Å². The van der Waals surface area contributed by atoms with Gasteiger partial charge in [-0.3, -0.25) is 0 Å². The second-order valence-corrected chi connectivity index (χ2v) is 5.92. The van der Waals surface area contributed by atoms with Crippen LogP contribution in [0.1, 0.15) is 17.2 Å². The predicted molar refractivity (Wildman–Crippen MR) is 84.3 cm³/mol. The van der Waals surface area contributed by atoms with Gasteiger partial charge >= 0.3 is 0 Å². The van der Waals surface area contributed by atoms with Crippen molar-refractivity contribution in [3.8, 4) is 0 Å². The van der Waals surface area contributed by atoms with Crippen molar-refractivity contribution in [2.45, 2.75) is 12.6 Å². The molecule has 2 aromatic heterocycles. The molecule has 1 aromatic carbocycles. The molecule has 3 aromatic rings. The van der Waals surface area contributed by atoms with Crippen LogP contribution in [0.5, 0.6) is 0 Å². The molecular formula is C15H15ClN2OS. The van der Waals surface area contributed by atoms with Crippen molar-refractivity contribution in [2.75, 3.05) is 6.54 Å². The number of benzene rings is 1. The fourth-order valence-corrected chi connectivity index (χ4v) is 3.11. The fourth-order valence-electron chi connectivity index (χ4n) is 2.23. The first-order chi connectivity index (χ1) is 9.74. The quantitative estimate of drug-likeness (QED) is 0.673. The highest BCUT2D eigenvalue weighted by atomic mass is 35.5. The van der Waals surface area contributed by atoms with Crippen LogP contribution in [-0.2, 0) is 6.54 Å². The molecule has 0 aliphatic rings. The Morgan fingerprint density at radius 1 is 1.35 bits per heavy atom. The third kappa shape index (κ3) is 2.88. The number of aromatic nitrogens is 1. The van der Waals surface area contributed by atoms with Gasteiger partial charge in [0.2, 0.25) is 0 Å². The van der Waals surface area contributed by atoms with Crippen LogP contribution in [0.15, 0.2) is 41.2 Å². The van der Waals surface area contributed by atoms with E-state index in [-0.39, 0.29) is 0 Å². The van der Waals surface area contributed by atoms with Gasteiger partial charge in [-0.25, -0.2) is 0 Å². The van der Waals surface area contributed by atoms with Gasteiger partial charge in [-0.15, -0.1) is 0 Å². The summed E-state index contributed by atoms with van der Waals surface area (Å²) in [5.41, 5.74) is 3.18. The summed E-state index contributed by atoms with van der Waals surface area (Å²) in [7, 11) is 0. The number of hydrogen-bond donors (Lipinski definition) is 3. The molecule has 0 radical (unpaired) electrons.